The molecule has 1 aromatic carbocycles. The number of benzene rings is 1. The third-order valence-corrected chi connectivity index (χ3v) is 5.42. The van der Waals surface area contributed by atoms with Gasteiger partial charge in [-0.15, -0.1) is 0 Å². The van der Waals surface area contributed by atoms with Crippen LogP contribution in [0.15, 0.2) is 35.3 Å². The van der Waals surface area contributed by atoms with E-state index in [4.69, 9.17) is 22.9 Å². The third kappa shape index (κ3) is 12.1. The molecule has 1 aromatic rings. The Morgan fingerprint density at radius 1 is 0.892 bits per heavy atom. The number of nitrogens with two attached hydrogens (primary N) is 4. The first-order valence-corrected chi connectivity index (χ1v) is 12.0. The molecule has 37 heavy (non-hydrogen) atoms. The van der Waals surface area contributed by atoms with Crippen molar-refractivity contribution < 1.29 is 29.1 Å². The largest absolute Gasteiger partial charge is 0.480 e. The summed E-state index contributed by atoms with van der Waals surface area (Å²) in [6.45, 7) is 0.245. The maximum Gasteiger partial charge on any atom is 0.326 e. The number of nitrogens with one attached hydrogen (secondary N) is 3. The van der Waals surface area contributed by atoms with Gasteiger partial charge in [0.25, 0.3) is 0 Å². The van der Waals surface area contributed by atoms with Gasteiger partial charge in [0, 0.05) is 18.7 Å². The standard InChI is InChI=1S/C22H34N8O6S/c23-13(7-4-8-27-22(25)26)18(32)28-14(10-17(24)31)19(33)30-16(11-37)20(34)29-15(21(35)36)9-12-5-2-1-3-6-12/h1-3,5-6,13-16,37H,4,7-11,23H2,(H2,24,31)(H,28,32)(H,29,34)(H,30,33)(H,35,36)(H4,25,26,27). The van der Waals surface area contributed by atoms with Crippen LogP contribution in [0, 0.1) is 0 Å². The number of hydrogen-bond donors (Lipinski definition) is 9. The monoisotopic (exact) mass is 538 g/mol. The lowest BCUT2D eigenvalue weighted by Gasteiger charge is -2.24. The van der Waals surface area contributed by atoms with Gasteiger partial charge in [0.15, 0.2) is 5.96 Å². The van der Waals surface area contributed by atoms with Crippen LogP contribution in [0.2, 0.25) is 0 Å². The number of aliphatic imine (C=N–C) groups is 1. The lowest BCUT2D eigenvalue weighted by atomic mass is 10.1. The van der Waals surface area contributed by atoms with Gasteiger partial charge >= 0.3 is 5.97 Å². The van der Waals surface area contributed by atoms with Gasteiger partial charge in [0.05, 0.1) is 12.5 Å². The first-order chi connectivity index (χ1) is 17.4. The van der Waals surface area contributed by atoms with E-state index >= 15 is 0 Å². The summed E-state index contributed by atoms with van der Waals surface area (Å²) in [6, 6.07) is 3.66. The Hall–Kier alpha value is -3.85. The molecule has 15 heteroatoms. The summed E-state index contributed by atoms with van der Waals surface area (Å²) in [5, 5.41) is 16.6. The molecule has 0 radical (unpaired) electrons. The molecule has 0 heterocycles. The molecular weight excluding hydrogens is 504 g/mol. The van der Waals surface area contributed by atoms with Crippen LogP contribution in [0.1, 0.15) is 24.8 Å². The van der Waals surface area contributed by atoms with E-state index in [-0.39, 0.29) is 31.1 Å². The van der Waals surface area contributed by atoms with Gasteiger partial charge in [-0.25, -0.2) is 4.79 Å². The summed E-state index contributed by atoms with van der Waals surface area (Å²) in [5.74, 6) is -4.90. The molecule has 0 aliphatic rings. The summed E-state index contributed by atoms with van der Waals surface area (Å²) < 4.78 is 0. The Bertz CT molecular complexity index is 973. The van der Waals surface area contributed by atoms with E-state index in [2.05, 4.69) is 33.6 Å². The Labute approximate surface area is 219 Å². The van der Waals surface area contributed by atoms with E-state index in [0.29, 0.717) is 12.0 Å². The molecule has 1 rings (SSSR count). The van der Waals surface area contributed by atoms with Crippen LogP contribution in [0.25, 0.3) is 0 Å². The highest BCUT2D eigenvalue weighted by Crippen LogP contribution is 2.05. The molecule has 12 N–H and O–H groups in total. The number of carboxylic acid groups (broad SMARTS) is 1. The van der Waals surface area contributed by atoms with E-state index in [1.54, 1.807) is 30.3 Å². The Balaban J connectivity index is 2.81. The van der Waals surface area contributed by atoms with Crippen LogP contribution in [0.3, 0.4) is 0 Å². The second-order valence-corrected chi connectivity index (χ2v) is 8.48. The number of carbonyl (C=O) groups excluding carboxylic acids is 4. The molecule has 0 saturated heterocycles. The van der Waals surface area contributed by atoms with Crippen molar-refractivity contribution in [1.82, 2.24) is 16.0 Å². The Morgan fingerprint density at radius 3 is 2.00 bits per heavy atom. The van der Waals surface area contributed by atoms with Gasteiger partial charge < -0.3 is 44.0 Å². The zero-order valence-electron chi connectivity index (χ0n) is 20.1. The zero-order chi connectivity index (χ0) is 28.0. The highest BCUT2D eigenvalue weighted by atomic mass is 32.1. The lowest BCUT2D eigenvalue weighted by molar-refractivity contribution is -0.142. The molecular formula is C22H34N8O6S. The molecule has 0 aliphatic carbocycles. The van der Waals surface area contributed by atoms with E-state index < -0.39 is 60.2 Å². The van der Waals surface area contributed by atoms with Crippen molar-refractivity contribution in [3.05, 3.63) is 35.9 Å². The number of rotatable bonds is 16. The van der Waals surface area contributed by atoms with Crippen molar-refractivity contribution in [3.8, 4) is 0 Å². The van der Waals surface area contributed by atoms with Crippen LogP contribution in [-0.4, -0.2) is 77.1 Å². The molecule has 0 bridgehead atoms. The predicted octanol–water partition coefficient (Wildman–Crippen LogP) is -3.05. The fraction of sp³-hybridized carbons (Fsp3) is 0.455. The van der Waals surface area contributed by atoms with Crippen LogP contribution in [-0.2, 0) is 30.4 Å². The van der Waals surface area contributed by atoms with Crippen molar-refractivity contribution in [2.24, 2.45) is 27.9 Å². The van der Waals surface area contributed by atoms with Crippen molar-refractivity contribution in [2.75, 3.05) is 12.3 Å². The first-order valence-electron chi connectivity index (χ1n) is 11.3. The van der Waals surface area contributed by atoms with Gasteiger partial charge in [-0.05, 0) is 18.4 Å². The summed E-state index contributed by atoms with van der Waals surface area (Å²) in [7, 11) is 0. The second kappa shape index (κ2) is 16.0. The SMILES string of the molecule is NC(=O)CC(NC(=O)C(N)CCCN=C(N)N)C(=O)NC(CS)C(=O)NC(Cc1ccccc1)C(=O)O. The van der Waals surface area contributed by atoms with Crippen molar-refractivity contribution >= 4 is 48.2 Å². The van der Waals surface area contributed by atoms with Gasteiger partial charge in [-0.1, -0.05) is 30.3 Å². The summed E-state index contributed by atoms with van der Waals surface area (Å²) in [6.07, 6.45) is 0.0174. The summed E-state index contributed by atoms with van der Waals surface area (Å²) >= 11 is 4.06. The highest BCUT2D eigenvalue weighted by molar-refractivity contribution is 7.80. The van der Waals surface area contributed by atoms with Crippen LogP contribution in [0.5, 0.6) is 0 Å². The summed E-state index contributed by atoms with van der Waals surface area (Å²) in [5.41, 5.74) is 22.2. The highest BCUT2D eigenvalue weighted by Gasteiger charge is 2.30. The minimum atomic E-state index is -1.43. The van der Waals surface area contributed by atoms with Crippen LogP contribution < -0.4 is 38.9 Å². The molecule has 0 spiro atoms. The number of amides is 4. The predicted molar refractivity (Wildman–Crippen MR) is 139 cm³/mol. The van der Waals surface area contributed by atoms with Crippen LogP contribution >= 0.6 is 12.6 Å². The van der Waals surface area contributed by atoms with Crippen molar-refractivity contribution in [1.29, 1.82) is 0 Å². The molecule has 0 fully saturated rings. The fourth-order valence-electron chi connectivity index (χ4n) is 3.13. The van der Waals surface area contributed by atoms with Crippen LogP contribution in [0.4, 0.5) is 0 Å². The minimum absolute atomic E-state index is 0.0105. The summed E-state index contributed by atoms with van der Waals surface area (Å²) in [4.78, 5) is 64.9. The van der Waals surface area contributed by atoms with Gasteiger partial charge in [0.2, 0.25) is 23.6 Å². The smallest absolute Gasteiger partial charge is 0.326 e. The number of hydrogen-bond acceptors (Lipinski definition) is 8. The number of primary amides is 1. The van der Waals surface area contributed by atoms with E-state index in [1.807, 2.05) is 0 Å². The maximum atomic E-state index is 12.8. The number of carbonyl (C=O) groups is 5. The lowest BCUT2D eigenvalue weighted by Crippen LogP contribution is -2.58. The normalized spacial score (nSPS) is 13.8. The maximum absolute atomic E-state index is 12.8. The molecule has 4 unspecified atom stereocenters. The number of aliphatic carboxylic acids is 1. The number of guanidine groups is 1. The Kier molecular flexibility index (Phi) is 13.5. The average molecular weight is 539 g/mol. The van der Waals surface area contributed by atoms with Gasteiger partial charge in [-0.2, -0.15) is 12.6 Å². The minimum Gasteiger partial charge on any atom is -0.480 e. The molecule has 0 saturated carbocycles. The number of nitrogens with zero attached hydrogens (tertiary/aromatic N) is 1. The van der Waals surface area contributed by atoms with E-state index in [1.165, 1.54) is 0 Å². The van der Waals surface area contributed by atoms with Gasteiger partial charge in [-0.3, -0.25) is 24.2 Å². The number of thiol groups is 1. The number of carboxylic acids is 1. The fourth-order valence-corrected chi connectivity index (χ4v) is 3.39. The van der Waals surface area contributed by atoms with E-state index in [0.717, 1.165) is 0 Å². The molecule has 0 aromatic heterocycles. The third-order valence-electron chi connectivity index (χ3n) is 5.06. The van der Waals surface area contributed by atoms with Crippen molar-refractivity contribution in [3.63, 3.8) is 0 Å². The molecule has 14 nitrogen and oxygen atoms in total. The van der Waals surface area contributed by atoms with E-state index in [9.17, 15) is 29.1 Å². The zero-order valence-corrected chi connectivity index (χ0v) is 21.0. The second-order valence-electron chi connectivity index (χ2n) is 8.12. The van der Waals surface area contributed by atoms with Crippen molar-refractivity contribution in [2.45, 2.75) is 49.9 Å². The first kappa shape index (κ1) is 31.2. The van der Waals surface area contributed by atoms with Gasteiger partial charge in [0.1, 0.15) is 18.1 Å². The topological polar surface area (TPSA) is 258 Å². The molecule has 4 amide bonds. The average Bonchev–Trinajstić information content (AvgIpc) is 2.83. The quantitative estimate of drug-likeness (QED) is 0.0447. The molecule has 204 valence electrons. The Morgan fingerprint density at radius 2 is 1.46 bits per heavy atom. The molecule has 0 aliphatic heterocycles. The molecule has 4 atom stereocenters.